The molecular formula is C12H28Cl2CuN4O8. The van der Waals surface area contributed by atoms with E-state index in [1.165, 1.54) is 0 Å². The number of nitrogens with zero attached hydrogens (tertiary/aromatic N) is 2. The van der Waals surface area contributed by atoms with Crippen LogP contribution in [0.3, 0.4) is 0 Å². The van der Waals surface area contributed by atoms with E-state index in [0.29, 0.717) is 0 Å². The van der Waals surface area contributed by atoms with Gasteiger partial charge in [-0.2, -0.15) is 0 Å². The van der Waals surface area contributed by atoms with Crippen molar-refractivity contribution in [3.8, 4) is 0 Å². The molecule has 0 rings (SSSR count). The van der Waals surface area contributed by atoms with Gasteiger partial charge in [-0.25, -0.2) is 37.3 Å². The fraction of sp³-hybridized carbons (Fsp3) is 0.833. The Kier molecular flexibility index (Phi) is 33.7. The van der Waals surface area contributed by atoms with Gasteiger partial charge in [0.15, 0.2) is 0 Å². The van der Waals surface area contributed by atoms with Crippen LogP contribution in [0, 0.1) is 20.5 Å². The van der Waals surface area contributed by atoms with Gasteiger partial charge in [0.2, 0.25) is 0 Å². The quantitative estimate of drug-likeness (QED) is 0.201. The summed E-state index contributed by atoms with van der Waals surface area (Å²) in [4.78, 5) is 8.30. The van der Waals surface area contributed by atoms with Gasteiger partial charge in [-0.05, 0) is 53.6 Å². The van der Waals surface area contributed by atoms with E-state index in [0.717, 1.165) is 50.4 Å². The van der Waals surface area contributed by atoms with Gasteiger partial charge in [0.05, 0.1) is 0 Å². The summed E-state index contributed by atoms with van der Waals surface area (Å²) in [6.07, 6.45) is 2.01. The third-order valence-electron chi connectivity index (χ3n) is 1.58. The SMILES string of the molecule is CC(C)=NCCCN.CC(C)=NCCCN.[Cu+2].[O-][Cl+3]([O-])([O-])[O-].[O-][Cl+3]([O-])([O-])[O-]. The van der Waals surface area contributed by atoms with Gasteiger partial charge >= 0.3 is 17.1 Å². The largest absolute Gasteiger partial charge is 2.00 e. The van der Waals surface area contributed by atoms with Gasteiger partial charge in [-0.15, -0.1) is 20.5 Å². The molecule has 15 heteroatoms. The molecule has 0 heterocycles. The molecule has 0 amide bonds. The normalized spacial score (nSPS) is 9.70. The predicted octanol–water partition coefficient (Wildman–Crippen LogP) is -7.88. The van der Waals surface area contributed by atoms with E-state index >= 15 is 0 Å². The predicted molar refractivity (Wildman–Crippen MR) is 74.6 cm³/mol. The average molecular weight is 491 g/mol. The topological polar surface area (TPSA) is 261 Å². The van der Waals surface area contributed by atoms with Gasteiger partial charge in [0, 0.05) is 24.5 Å². The van der Waals surface area contributed by atoms with Crippen LogP contribution in [0.4, 0.5) is 0 Å². The number of halogens is 2. The van der Waals surface area contributed by atoms with Crippen molar-refractivity contribution in [2.75, 3.05) is 26.2 Å². The van der Waals surface area contributed by atoms with Crippen molar-refractivity contribution in [3.63, 3.8) is 0 Å². The zero-order valence-electron chi connectivity index (χ0n) is 15.6. The minimum absolute atomic E-state index is 0. The molecule has 0 aliphatic rings. The van der Waals surface area contributed by atoms with Crippen molar-refractivity contribution in [1.82, 2.24) is 0 Å². The third-order valence-corrected chi connectivity index (χ3v) is 1.58. The van der Waals surface area contributed by atoms with Crippen LogP contribution in [-0.4, -0.2) is 37.6 Å². The van der Waals surface area contributed by atoms with Gasteiger partial charge < -0.3 is 11.5 Å². The zero-order chi connectivity index (χ0) is 21.8. The molecule has 0 aliphatic carbocycles. The van der Waals surface area contributed by atoms with Crippen LogP contribution in [-0.2, 0) is 17.1 Å². The molecule has 0 fully saturated rings. The Morgan fingerprint density at radius 3 is 0.926 bits per heavy atom. The van der Waals surface area contributed by atoms with E-state index in [4.69, 9.17) is 48.7 Å². The molecule has 0 aromatic carbocycles. The van der Waals surface area contributed by atoms with Gasteiger partial charge in [0.1, 0.15) is 0 Å². The molecule has 0 aromatic heterocycles. The summed E-state index contributed by atoms with van der Waals surface area (Å²) >= 11 is 0. The number of hydrogen-bond acceptors (Lipinski definition) is 12. The number of rotatable bonds is 6. The van der Waals surface area contributed by atoms with Crippen LogP contribution < -0.4 is 48.7 Å². The minimum atomic E-state index is -4.94. The molecule has 4 N–H and O–H groups in total. The Balaban J connectivity index is -0.0000000807. The summed E-state index contributed by atoms with van der Waals surface area (Å²) < 4.78 is 67.9. The fourth-order valence-corrected chi connectivity index (χ4v) is 0.788. The molecule has 1 radical (unpaired) electrons. The van der Waals surface area contributed by atoms with E-state index < -0.39 is 20.5 Å². The Hall–Kier alpha value is 0.0395. The molecule has 27 heavy (non-hydrogen) atoms. The molecular weight excluding hydrogens is 463 g/mol. The van der Waals surface area contributed by atoms with Crippen LogP contribution in [0.2, 0.25) is 0 Å². The van der Waals surface area contributed by atoms with Gasteiger partial charge in [0.25, 0.3) is 0 Å². The second-order valence-corrected chi connectivity index (χ2v) is 6.21. The Bertz CT molecular complexity index is 312. The second kappa shape index (κ2) is 24.1. The van der Waals surface area contributed by atoms with E-state index in [9.17, 15) is 0 Å². The third kappa shape index (κ3) is 149. The monoisotopic (exact) mass is 489 g/mol. The van der Waals surface area contributed by atoms with E-state index in [1.54, 1.807) is 0 Å². The molecule has 12 nitrogen and oxygen atoms in total. The molecule has 0 atom stereocenters. The number of hydrogen-bond donors (Lipinski definition) is 2. The zero-order valence-corrected chi connectivity index (χ0v) is 18.1. The number of aliphatic imine (C=N–C) groups is 2. The minimum Gasteiger partial charge on any atom is -0.330 e. The summed E-state index contributed by atoms with van der Waals surface area (Å²) in [5, 5.41) is 0. The summed E-state index contributed by atoms with van der Waals surface area (Å²) in [6, 6.07) is 0. The van der Waals surface area contributed by atoms with Crippen molar-refractivity contribution in [3.05, 3.63) is 0 Å². The standard InChI is InChI=1S/2C6H14N2.2ClHO4.Cu/c2*1-6(2)8-5-3-4-7;2*2-1(3,4)5;/h2*3-5,7H2,1-2H3;2*(H,2,3,4,5);/q;;;;+2/p-2. The van der Waals surface area contributed by atoms with Gasteiger partial charge in [-0.1, -0.05) is 0 Å². The second-order valence-electron chi connectivity index (χ2n) is 4.70. The van der Waals surface area contributed by atoms with E-state index in [1.807, 2.05) is 27.7 Å². The van der Waals surface area contributed by atoms with E-state index in [-0.39, 0.29) is 17.1 Å². The Labute approximate surface area is 174 Å². The molecule has 0 unspecified atom stereocenters. The molecule has 0 bridgehead atoms. The average Bonchev–Trinajstić information content (AvgIpc) is 2.35. The number of nitrogens with two attached hydrogens (primary N) is 2. The molecule has 169 valence electrons. The smallest absolute Gasteiger partial charge is 0.330 e. The summed E-state index contributed by atoms with van der Waals surface area (Å²) in [5.41, 5.74) is 12.8. The summed E-state index contributed by atoms with van der Waals surface area (Å²) in [6.45, 7) is 11.3. The van der Waals surface area contributed by atoms with Crippen LogP contribution in [0.25, 0.3) is 0 Å². The van der Waals surface area contributed by atoms with Crippen LogP contribution in [0.5, 0.6) is 0 Å². The van der Waals surface area contributed by atoms with Crippen molar-refractivity contribution in [1.29, 1.82) is 0 Å². The van der Waals surface area contributed by atoms with E-state index in [2.05, 4.69) is 9.98 Å². The first-order valence-electron chi connectivity index (χ1n) is 7.13. The Morgan fingerprint density at radius 2 is 0.815 bits per heavy atom. The van der Waals surface area contributed by atoms with Crippen molar-refractivity contribution in [2.24, 2.45) is 21.5 Å². The Morgan fingerprint density at radius 1 is 0.630 bits per heavy atom. The van der Waals surface area contributed by atoms with Crippen molar-refractivity contribution < 1.29 is 74.8 Å². The molecule has 0 saturated carbocycles. The molecule has 0 aliphatic heterocycles. The maximum absolute atomic E-state index is 8.49. The summed E-state index contributed by atoms with van der Waals surface area (Å²) in [7, 11) is -9.89. The maximum Gasteiger partial charge on any atom is 2.00 e. The first kappa shape index (κ1) is 37.7. The maximum atomic E-state index is 8.49. The fourth-order valence-electron chi connectivity index (χ4n) is 0.788. The summed E-state index contributed by atoms with van der Waals surface area (Å²) in [5.74, 6) is 0. The molecule has 0 spiro atoms. The van der Waals surface area contributed by atoms with Crippen LogP contribution in [0.1, 0.15) is 40.5 Å². The molecule has 0 aromatic rings. The van der Waals surface area contributed by atoms with Crippen LogP contribution >= 0.6 is 0 Å². The van der Waals surface area contributed by atoms with Crippen molar-refractivity contribution in [2.45, 2.75) is 40.5 Å². The van der Waals surface area contributed by atoms with Crippen LogP contribution in [0.15, 0.2) is 9.98 Å². The van der Waals surface area contributed by atoms with Crippen molar-refractivity contribution >= 4 is 11.4 Å². The van der Waals surface area contributed by atoms with Gasteiger partial charge in [-0.3, -0.25) is 9.98 Å². The first-order valence-corrected chi connectivity index (χ1v) is 9.60. The molecule has 0 saturated heterocycles. The first-order chi connectivity index (χ1) is 11.5.